The van der Waals surface area contributed by atoms with Gasteiger partial charge in [-0.05, 0) is 12.1 Å². The number of hydrogen-bond donors (Lipinski definition) is 1. The van der Waals surface area contributed by atoms with Gasteiger partial charge in [-0.15, -0.1) is 0 Å². The van der Waals surface area contributed by atoms with Gasteiger partial charge < -0.3 is 5.11 Å². The van der Waals surface area contributed by atoms with Crippen LogP contribution < -0.4 is 0 Å². The molecule has 1 aromatic rings. The summed E-state index contributed by atoms with van der Waals surface area (Å²) in [4.78, 5) is 0. The van der Waals surface area contributed by atoms with Crippen molar-refractivity contribution in [3.05, 3.63) is 34.6 Å². The Labute approximate surface area is 63.1 Å². The molecule has 0 heterocycles. The van der Waals surface area contributed by atoms with Crippen LogP contribution in [0.1, 0.15) is 5.56 Å². The van der Waals surface area contributed by atoms with E-state index in [2.05, 4.69) is 0 Å². The number of halogens is 2. The topological polar surface area (TPSA) is 20.2 Å². The first-order valence-corrected chi connectivity index (χ1v) is 3.16. The van der Waals surface area contributed by atoms with Crippen LogP contribution in [0.2, 0.25) is 5.02 Å². The minimum atomic E-state index is -0.463. The molecule has 3 heteroatoms. The first-order valence-electron chi connectivity index (χ1n) is 2.79. The summed E-state index contributed by atoms with van der Waals surface area (Å²) in [6, 6.07) is 4.17. The standard InChI is InChI=1S/C7H6ClFO/c8-6-2-1-5(4-10)7(9)3-6/h1-3,10H,4H2. The maximum atomic E-state index is 12.6. The molecule has 0 spiro atoms. The molecule has 0 amide bonds. The van der Waals surface area contributed by atoms with E-state index in [9.17, 15) is 4.39 Å². The second kappa shape index (κ2) is 2.99. The molecule has 0 aromatic heterocycles. The lowest BCUT2D eigenvalue weighted by Gasteiger charge is -1.96. The first-order chi connectivity index (χ1) is 4.74. The Bertz CT molecular complexity index is 237. The van der Waals surface area contributed by atoms with Crippen LogP contribution in [-0.4, -0.2) is 5.11 Å². The summed E-state index contributed by atoms with van der Waals surface area (Å²) in [6.07, 6.45) is 0. The zero-order chi connectivity index (χ0) is 7.56. The van der Waals surface area contributed by atoms with E-state index in [1.54, 1.807) is 0 Å². The van der Waals surface area contributed by atoms with E-state index >= 15 is 0 Å². The van der Waals surface area contributed by atoms with E-state index in [1.165, 1.54) is 18.2 Å². The van der Waals surface area contributed by atoms with E-state index < -0.39 is 5.82 Å². The van der Waals surface area contributed by atoms with Crippen LogP contribution in [0.4, 0.5) is 4.39 Å². The lowest BCUT2D eigenvalue weighted by atomic mass is 10.2. The van der Waals surface area contributed by atoms with Gasteiger partial charge in [-0.2, -0.15) is 0 Å². The Morgan fingerprint density at radius 3 is 2.70 bits per heavy atom. The van der Waals surface area contributed by atoms with Gasteiger partial charge in [0.25, 0.3) is 0 Å². The lowest BCUT2D eigenvalue weighted by Crippen LogP contribution is -1.87. The van der Waals surface area contributed by atoms with Crippen LogP contribution in [0.5, 0.6) is 0 Å². The molecule has 0 aliphatic carbocycles. The lowest BCUT2D eigenvalue weighted by molar-refractivity contribution is 0.276. The Hall–Kier alpha value is -0.600. The minimum absolute atomic E-state index is 0.268. The molecule has 1 N–H and O–H groups in total. The maximum Gasteiger partial charge on any atom is 0.130 e. The molecule has 0 fully saturated rings. The molecular weight excluding hydrogens is 155 g/mol. The molecule has 1 nitrogen and oxygen atoms in total. The van der Waals surface area contributed by atoms with Gasteiger partial charge in [0.1, 0.15) is 5.82 Å². The Balaban J connectivity index is 3.07. The first kappa shape index (κ1) is 7.51. The average Bonchev–Trinajstić information content (AvgIpc) is 1.88. The molecule has 0 aliphatic heterocycles. The van der Waals surface area contributed by atoms with Crippen LogP contribution in [0, 0.1) is 5.82 Å². The molecule has 0 atom stereocenters. The normalized spacial score (nSPS) is 9.90. The van der Waals surface area contributed by atoms with Gasteiger partial charge in [-0.1, -0.05) is 17.7 Å². The number of hydrogen-bond acceptors (Lipinski definition) is 1. The molecule has 0 unspecified atom stereocenters. The summed E-state index contributed by atoms with van der Waals surface area (Å²) in [5, 5.41) is 8.87. The van der Waals surface area contributed by atoms with Crippen LogP contribution in [0.3, 0.4) is 0 Å². The summed E-state index contributed by atoms with van der Waals surface area (Å²) in [7, 11) is 0. The highest BCUT2D eigenvalue weighted by atomic mass is 35.5. The average molecular weight is 161 g/mol. The van der Waals surface area contributed by atoms with Gasteiger partial charge in [0.15, 0.2) is 0 Å². The second-order valence-corrected chi connectivity index (χ2v) is 2.33. The Morgan fingerprint density at radius 2 is 2.20 bits per heavy atom. The van der Waals surface area contributed by atoms with E-state index in [0.29, 0.717) is 5.02 Å². The fourth-order valence-corrected chi connectivity index (χ4v) is 0.809. The van der Waals surface area contributed by atoms with E-state index in [4.69, 9.17) is 16.7 Å². The molecule has 0 bridgehead atoms. The molecule has 1 rings (SSSR count). The van der Waals surface area contributed by atoms with Crippen molar-refractivity contribution in [1.29, 1.82) is 0 Å². The Morgan fingerprint density at radius 1 is 1.50 bits per heavy atom. The van der Waals surface area contributed by atoms with Crippen molar-refractivity contribution in [2.45, 2.75) is 6.61 Å². The van der Waals surface area contributed by atoms with Gasteiger partial charge in [0, 0.05) is 10.6 Å². The Kier molecular flexibility index (Phi) is 2.25. The largest absolute Gasteiger partial charge is 0.392 e. The van der Waals surface area contributed by atoms with Crippen molar-refractivity contribution in [2.24, 2.45) is 0 Å². The number of rotatable bonds is 1. The number of aliphatic hydroxyl groups is 1. The smallest absolute Gasteiger partial charge is 0.130 e. The predicted molar refractivity (Wildman–Crippen MR) is 37.3 cm³/mol. The highest BCUT2D eigenvalue weighted by Gasteiger charge is 1.99. The minimum Gasteiger partial charge on any atom is -0.392 e. The third-order valence-electron chi connectivity index (χ3n) is 1.19. The highest BCUT2D eigenvalue weighted by molar-refractivity contribution is 6.30. The zero-order valence-electron chi connectivity index (χ0n) is 5.14. The van der Waals surface area contributed by atoms with Crippen LogP contribution in [-0.2, 0) is 6.61 Å². The molecule has 0 radical (unpaired) electrons. The van der Waals surface area contributed by atoms with E-state index in [0.717, 1.165) is 0 Å². The summed E-state index contributed by atoms with van der Waals surface area (Å²) in [5.74, 6) is -0.463. The summed E-state index contributed by atoms with van der Waals surface area (Å²) < 4.78 is 12.6. The quantitative estimate of drug-likeness (QED) is 0.666. The van der Waals surface area contributed by atoms with Gasteiger partial charge in [0.05, 0.1) is 6.61 Å². The van der Waals surface area contributed by atoms with Gasteiger partial charge in [0.2, 0.25) is 0 Å². The van der Waals surface area contributed by atoms with Crippen molar-refractivity contribution in [3.63, 3.8) is 0 Å². The third kappa shape index (κ3) is 1.46. The van der Waals surface area contributed by atoms with Crippen LogP contribution in [0.15, 0.2) is 18.2 Å². The van der Waals surface area contributed by atoms with Crippen molar-refractivity contribution in [2.75, 3.05) is 0 Å². The zero-order valence-corrected chi connectivity index (χ0v) is 5.90. The van der Waals surface area contributed by atoms with E-state index in [1.807, 2.05) is 0 Å². The van der Waals surface area contributed by atoms with Crippen molar-refractivity contribution < 1.29 is 9.50 Å². The van der Waals surface area contributed by atoms with Crippen molar-refractivity contribution in [1.82, 2.24) is 0 Å². The summed E-state index contributed by atoms with van der Waals surface area (Å²) in [6.45, 7) is -0.289. The molecule has 1 aromatic carbocycles. The summed E-state index contributed by atoms with van der Waals surface area (Å²) >= 11 is 5.45. The van der Waals surface area contributed by atoms with Crippen LogP contribution in [0.25, 0.3) is 0 Å². The monoisotopic (exact) mass is 160 g/mol. The second-order valence-electron chi connectivity index (χ2n) is 1.89. The molecule has 54 valence electrons. The SMILES string of the molecule is OCc1ccc(Cl)cc1F. The predicted octanol–water partition coefficient (Wildman–Crippen LogP) is 1.97. The molecular formula is C7H6ClFO. The van der Waals surface area contributed by atoms with Gasteiger partial charge >= 0.3 is 0 Å². The maximum absolute atomic E-state index is 12.6. The number of benzene rings is 1. The fourth-order valence-electron chi connectivity index (χ4n) is 0.650. The highest BCUT2D eigenvalue weighted by Crippen LogP contribution is 2.13. The number of aliphatic hydroxyl groups excluding tert-OH is 1. The third-order valence-corrected chi connectivity index (χ3v) is 1.42. The molecule has 0 aliphatic rings. The molecule has 0 saturated carbocycles. The molecule has 0 saturated heterocycles. The summed E-state index contributed by atoms with van der Waals surface area (Å²) in [5.41, 5.74) is 0.268. The fraction of sp³-hybridized carbons (Fsp3) is 0.143. The van der Waals surface area contributed by atoms with Crippen molar-refractivity contribution in [3.8, 4) is 0 Å². The van der Waals surface area contributed by atoms with Crippen molar-refractivity contribution >= 4 is 11.6 Å². The van der Waals surface area contributed by atoms with Crippen LogP contribution >= 0.6 is 11.6 Å². The van der Waals surface area contributed by atoms with Gasteiger partial charge in [-0.25, -0.2) is 4.39 Å². The van der Waals surface area contributed by atoms with E-state index in [-0.39, 0.29) is 12.2 Å². The van der Waals surface area contributed by atoms with Gasteiger partial charge in [-0.3, -0.25) is 0 Å². The molecule has 10 heavy (non-hydrogen) atoms.